The molecule has 0 aliphatic heterocycles. The average molecular weight is 336 g/mol. The summed E-state index contributed by atoms with van der Waals surface area (Å²) in [5.41, 5.74) is 3.26. The summed E-state index contributed by atoms with van der Waals surface area (Å²) in [5, 5.41) is 0. The first-order valence-electron chi connectivity index (χ1n) is 7.77. The van der Waals surface area contributed by atoms with Crippen LogP contribution in [0.5, 0.6) is 0 Å². The highest BCUT2D eigenvalue weighted by molar-refractivity contribution is 5.98. The highest BCUT2D eigenvalue weighted by Crippen LogP contribution is 2.25. The minimum absolute atomic E-state index is 0.128. The van der Waals surface area contributed by atoms with Crippen LogP contribution >= 0.6 is 0 Å². The number of rotatable bonds is 5. The van der Waals surface area contributed by atoms with Gasteiger partial charge in [0, 0.05) is 30.2 Å². The van der Waals surface area contributed by atoms with Gasteiger partial charge in [0.2, 0.25) is 0 Å². The number of hydrogen-bond acceptors (Lipinski definition) is 5. The number of nitrogens with zero attached hydrogens (tertiary/aromatic N) is 4. The number of aryl methyl sites for hydroxylation is 1. The van der Waals surface area contributed by atoms with E-state index in [2.05, 4.69) is 15.0 Å². The predicted molar refractivity (Wildman–Crippen MR) is 93.5 cm³/mol. The average Bonchev–Trinajstić information content (AvgIpc) is 2.61. The van der Waals surface area contributed by atoms with Crippen LogP contribution in [-0.2, 0) is 6.42 Å². The van der Waals surface area contributed by atoms with Crippen molar-refractivity contribution in [3.8, 4) is 0 Å². The van der Waals surface area contributed by atoms with Crippen molar-refractivity contribution in [3.05, 3.63) is 77.9 Å². The van der Waals surface area contributed by atoms with Crippen molar-refractivity contribution in [2.24, 2.45) is 0 Å². The van der Waals surface area contributed by atoms with Crippen LogP contribution in [0.4, 0.5) is 15.8 Å². The van der Waals surface area contributed by atoms with Crippen molar-refractivity contribution < 1.29 is 9.18 Å². The third-order valence-corrected chi connectivity index (χ3v) is 3.84. The number of anilines is 2. The van der Waals surface area contributed by atoms with E-state index in [0.29, 0.717) is 22.6 Å². The molecule has 0 spiro atoms. The molecule has 1 aromatic carbocycles. The molecule has 126 valence electrons. The van der Waals surface area contributed by atoms with E-state index < -0.39 is 5.82 Å². The maximum Gasteiger partial charge on any atom is 0.168 e. The van der Waals surface area contributed by atoms with Crippen LogP contribution in [0, 0.1) is 12.7 Å². The van der Waals surface area contributed by atoms with Crippen LogP contribution in [0.15, 0.2) is 55.2 Å². The zero-order valence-corrected chi connectivity index (χ0v) is 14.0. The molecule has 25 heavy (non-hydrogen) atoms. The van der Waals surface area contributed by atoms with Crippen LogP contribution in [-0.4, -0.2) is 27.8 Å². The summed E-state index contributed by atoms with van der Waals surface area (Å²) in [6.45, 7) is 1.94. The van der Waals surface area contributed by atoms with Crippen LogP contribution < -0.4 is 4.90 Å². The number of halogens is 1. The molecule has 3 rings (SSSR count). The van der Waals surface area contributed by atoms with Gasteiger partial charge in [-0.1, -0.05) is 0 Å². The van der Waals surface area contributed by atoms with E-state index in [4.69, 9.17) is 0 Å². The second kappa shape index (κ2) is 7.17. The Bertz CT molecular complexity index is 899. The number of carbonyl (C=O) groups excluding carboxylic acids is 1. The molecule has 0 aliphatic rings. The molecule has 0 bridgehead atoms. The summed E-state index contributed by atoms with van der Waals surface area (Å²) in [4.78, 5) is 26.4. The van der Waals surface area contributed by atoms with Gasteiger partial charge in [-0.25, -0.2) is 14.4 Å². The van der Waals surface area contributed by atoms with Gasteiger partial charge in [0.05, 0.1) is 24.5 Å². The summed E-state index contributed by atoms with van der Waals surface area (Å²) in [7, 11) is 1.77. The zero-order chi connectivity index (χ0) is 17.8. The van der Waals surface area contributed by atoms with Gasteiger partial charge in [0.1, 0.15) is 12.1 Å². The standard InChI is InChI=1S/C19H17FN4O/c1-13-3-4-23-16(5-13)9-19(25)14-6-15(20)8-17(7-14)24(2)18-10-21-12-22-11-18/h3-8,10-12H,9H2,1-2H3. The van der Waals surface area contributed by atoms with Crippen LogP contribution in [0.25, 0.3) is 0 Å². The first-order chi connectivity index (χ1) is 12.0. The largest absolute Gasteiger partial charge is 0.342 e. The van der Waals surface area contributed by atoms with Gasteiger partial charge >= 0.3 is 0 Å². The SMILES string of the molecule is Cc1ccnc(CC(=O)c2cc(F)cc(N(C)c3cncnc3)c2)c1. The first kappa shape index (κ1) is 16.7. The summed E-state index contributed by atoms with van der Waals surface area (Å²) < 4.78 is 14.0. The Balaban J connectivity index is 1.87. The van der Waals surface area contributed by atoms with Crippen molar-refractivity contribution in [2.45, 2.75) is 13.3 Å². The van der Waals surface area contributed by atoms with E-state index in [1.165, 1.54) is 18.5 Å². The van der Waals surface area contributed by atoms with E-state index in [0.717, 1.165) is 5.56 Å². The Morgan fingerprint density at radius 1 is 1.12 bits per heavy atom. The number of benzene rings is 1. The monoisotopic (exact) mass is 336 g/mol. The zero-order valence-electron chi connectivity index (χ0n) is 14.0. The van der Waals surface area contributed by atoms with Crippen molar-refractivity contribution in [2.75, 3.05) is 11.9 Å². The molecule has 0 unspecified atom stereocenters. The lowest BCUT2D eigenvalue weighted by Crippen LogP contribution is -2.12. The number of aromatic nitrogens is 3. The highest BCUT2D eigenvalue weighted by Gasteiger charge is 2.13. The molecule has 6 heteroatoms. The molecule has 2 aromatic heterocycles. The number of pyridine rings is 1. The van der Waals surface area contributed by atoms with Crippen molar-refractivity contribution in [1.29, 1.82) is 0 Å². The maximum absolute atomic E-state index is 14.0. The fourth-order valence-electron chi connectivity index (χ4n) is 2.50. The highest BCUT2D eigenvalue weighted by atomic mass is 19.1. The summed E-state index contributed by atoms with van der Waals surface area (Å²) in [6, 6.07) is 8.00. The quantitative estimate of drug-likeness (QED) is 0.667. The lowest BCUT2D eigenvalue weighted by atomic mass is 10.0. The normalized spacial score (nSPS) is 10.5. The lowest BCUT2D eigenvalue weighted by Gasteiger charge is -2.19. The van der Waals surface area contributed by atoms with Gasteiger partial charge < -0.3 is 4.90 Å². The van der Waals surface area contributed by atoms with Crippen molar-refractivity contribution in [1.82, 2.24) is 15.0 Å². The minimum Gasteiger partial charge on any atom is -0.342 e. The Labute approximate surface area is 145 Å². The predicted octanol–water partition coefficient (Wildman–Crippen LogP) is 3.51. The maximum atomic E-state index is 14.0. The molecule has 0 fully saturated rings. The molecule has 0 amide bonds. The van der Waals surface area contributed by atoms with E-state index in [9.17, 15) is 9.18 Å². The van der Waals surface area contributed by atoms with E-state index in [1.54, 1.807) is 36.6 Å². The molecule has 2 heterocycles. The molecular weight excluding hydrogens is 319 g/mol. The number of carbonyl (C=O) groups is 1. The molecule has 0 saturated carbocycles. The molecular formula is C19H17FN4O. The molecule has 0 radical (unpaired) electrons. The molecule has 0 aliphatic carbocycles. The minimum atomic E-state index is -0.471. The second-order valence-corrected chi connectivity index (χ2v) is 5.78. The van der Waals surface area contributed by atoms with Crippen LogP contribution in [0.2, 0.25) is 0 Å². The Hall–Kier alpha value is -3.15. The van der Waals surface area contributed by atoms with Crippen LogP contribution in [0.1, 0.15) is 21.6 Å². The van der Waals surface area contributed by atoms with Crippen LogP contribution in [0.3, 0.4) is 0 Å². The molecule has 5 nitrogen and oxygen atoms in total. The first-order valence-corrected chi connectivity index (χ1v) is 7.77. The summed E-state index contributed by atoms with van der Waals surface area (Å²) in [5.74, 6) is -0.654. The third-order valence-electron chi connectivity index (χ3n) is 3.84. The fourth-order valence-corrected chi connectivity index (χ4v) is 2.50. The fraction of sp³-hybridized carbons (Fsp3) is 0.158. The van der Waals surface area contributed by atoms with Gasteiger partial charge in [0.25, 0.3) is 0 Å². The van der Waals surface area contributed by atoms with Crippen molar-refractivity contribution in [3.63, 3.8) is 0 Å². The van der Waals surface area contributed by atoms with Gasteiger partial charge in [-0.2, -0.15) is 0 Å². The second-order valence-electron chi connectivity index (χ2n) is 5.78. The van der Waals surface area contributed by atoms with Crippen molar-refractivity contribution >= 4 is 17.2 Å². The lowest BCUT2D eigenvalue weighted by molar-refractivity contribution is 0.0991. The summed E-state index contributed by atoms with van der Waals surface area (Å²) in [6.07, 6.45) is 6.46. The number of Topliss-reactive ketones (excluding diaryl/α,β-unsaturated/α-hetero) is 1. The Morgan fingerprint density at radius 2 is 1.88 bits per heavy atom. The molecule has 0 N–H and O–H groups in total. The smallest absolute Gasteiger partial charge is 0.168 e. The Kier molecular flexibility index (Phi) is 4.79. The Morgan fingerprint density at radius 3 is 2.60 bits per heavy atom. The third kappa shape index (κ3) is 4.03. The molecule has 0 saturated heterocycles. The van der Waals surface area contributed by atoms with E-state index in [1.807, 2.05) is 19.1 Å². The van der Waals surface area contributed by atoms with E-state index in [-0.39, 0.29) is 12.2 Å². The number of hydrogen-bond donors (Lipinski definition) is 0. The van der Waals surface area contributed by atoms with Gasteiger partial charge in [-0.3, -0.25) is 9.78 Å². The van der Waals surface area contributed by atoms with Gasteiger partial charge in [0.15, 0.2) is 5.78 Å². The van der Waals surface area contributed by atoms with E-state index >= 15 is 0 Å². The summed E-state index contributed by atoms with van der Waals surface area (Å²) >= 11 is 0. The molecule has 0 atom stereocenters. The number of ketones is 1. The van der Waals surface area contributed by atoms with Gasteiger partial charge in [-0.05, 0) is 42.8 Å². The van der Waals surface area contributed by atoms with Gasteiger partial charge in [-0.15, -0.1) is 0 Å². The topological polar surface area (TPSA) is 59.0 Å². The molecule has 3 aromatic rings.